The Hall–Kier alpha value is -0.540. The summed E-state index contributed by atoms with van der Waals surface area (Å²) in [7, 11) is 1.72. The number of piperidine rings is 1. The van der Waals surface area contributed by atoms with Gasteiger partial charge < -0.3 is 10.1 Å². The van der Waals surface area contributed by atoms with Crippen LogP contribution in [0, 0.1) is 6.92 Å². The maximum absolute atomic E-state index is 5.32. The Morgan fingerprint density at radius 3 is 2.81 bits per heavy atom. The van der Waals surface area contributed by atoms with Crippen molar-refractivity contribution >= 4 is 15.9 Å². The number of methoxy groups -OCH3 is 1. The molecule has 0 aliphatic carbocycles. The van der Waals surface area contributed by atoms with Crippen LogP contribution in [0.1, 0.15) is 36.4 Å². The van der Waals surface area contributed by atoms with Crippen molar-refractivity contribution in [3.8, 4) is 5.75 Å². The smallest absolute Gasteiger partial charge is 0.120 e. The van der Waals surface area contributed by atoms with Crippen molar-refractivity contribution in [3.05, 3.63) is 27.7 Å². The molecule has 1 fully saturated rings. The van der Waals surface area contributed by atoms with E-state index >= 15 is 0 Å². The molecule has 0 spiro atoms. The number of halogens is 1. The molecule has 16 heavy (non-hydrogen) atoms. The predicted octanol–water partition coefficient (Wildman–Crippen LogP) is 3.58. The summed E-state index contributed by atoms with van der Waals surface area (Å²) in [6, 6.07) is 4.67. The molecule has 1 aliphatic heterocycles. The van der Waals surface area contributed by atoms with Crippen molar-refractivity contribution in [2.75, 3.05) is 13.7 Å². The van der Waals surface area contributed by atoms with Crippen LogP contribution in [0.2, 0.25) is 0 Å². The highest BCUT2D eigenvalue weighted by atomic mass is 79.9. The van der Waals surface area contributed by atoms with Crippen LogP contribution in [0.3, 0.4) is 0 Å². The summed E-state index contributed by atoms with van der Waals surface area (Å²) in [5.74, 6) is 0.930. The van der Waals surface area contributed by atoms with E-state index in [1.54, 1.807) is 7.11 Å². The Morgan fingerprint density at radius 1 is 1.38 bits per heavy atom. The quantitative estimate of drug-likeness (QED) is 0.896. The van der Waals surface area contributed by atoms with Crippen molar-refractivity contribution in [3.63, 3.8) is 0 Å². The molecule has 2 nitrogen and oxygen atoms in total. The lowest BCUT2D eigenvalue weighted by Gasteiger charge is -2.26. The standard InChI is InChI=1S/C13H18BrNO/c1-9-11(13-5-3-4-6-15-13)7-10(16-2)8-12(9)14/h7-8,13,15H,3-6H2,1-2H3. The molecule has 0 aromatic heterocycles. The van der Waals surface area contributed by atoms with E-state index in [1.807, 2.05) is 6.07 Å². The maximum atomic E-state index is 5.32. The Morgan fingerprint density at radius 2 is 2.19 bits per heavy atom. The summed E-state index contributed by atoms with van der Waals surface area (Å²) in [5.41, 5.74) is 2.69. The number of nitrogens with one attached hydrogen (secondary N) is 1. The molecule has 88 valence electrons. The first-order chi connectivity index (χ1) is 7.72. The summed E-state index contributed by atoms with van der Waals surface area (Å²) in [6.07, 6.45) is 3.83. The minimum atomic E-state index is 0.486. The summed E-state index contributed by atoms with van der Waals surface area (Å²) < 4.78 is 6.46. The Kier molecular flexibility index (Phi) is 3.87. The molecule has 1 N–H and O–H groups in total. The van der Waals surface area contributed by atoms with E-state index < -0.39 is 0 Å². The zero-order valence-corrected chi connectivity index (χ0v) is 11.4. The van der Waals surface area contributed by atoms with Gasteiger partial charge in [-0.25, -0.2) is 0 Å². The topological polar surface area (TPSA) is 21.3 Å². The van der Waals surface area contributed by atoms with E-state index in [1.165, 1.54) is 30.4 Å². The lowest BCUT2D eigenvalue weighted by atomic mass is 9.94. The Labute approximate surface area is 106 Å². The minimum Gasteiger partial charge on any atom is -0.497 e. The molecule has 1 heterocycles. The van der Waals surface area contributed by atoms with Crippen LogP contribution in [0.4, 0.5) is 0 Å². The largest absolute Gasteiger partial charge is 0.497 e. The van der Waals surface area contributed by atoms with Gasteiger partial charge in [0.05, 0.1) is 7.11 Å². The van der Waals surface area contributed by atoms with Gasteiger partial charge >= 0.3 is 0 Å². The molecule has 1 saturated heterocycles. The van der Waals surface area contributed by atoms with Crippen molar-refractivity contribution < 1.29 is 4.74 Å². The summed E-state index contributed by atoms with van der Waals surface area (Å²) in [4.78, 5) is 0. The molecule has 1 aromatic carbocycles. The van der Waals surface area contributed by atoms with E-state index in [4.69, 9.17) is 4.74 Å². The molecule has 3 heteroatoms. The van der Waals surface area contributed by atoms with E-state index in [9.17, 15) is 0 Å². The average molecular weight is 284 g/mol. The third-order valence-corrected chi connectivity index (χ3v) is 4.10. The predicted molar refractivity (Wildman–Crippen MR) is 70.0 cm³/mol. The molecular weight excluding hydrogens is 266 g/mol. The first kappa shape index (κ1) is 11.9. The zero-order chi connectivity index (χ0) is 11.5. The summed E-state index contributed by atoms with van der Waals surface area (Å²) in [5, 5.41) is 3.58. The van der Waals surface area contributed by atoms with E-state index in [0.29, 0.717) is 6.04 Å². The monoisotopic (exact) mass is 283 g/mol. The Bertz CT molecular complexity index is 372. The molecule has 0 saturated carbocycles. The molecule has 0 bridgehead atoms. The van der Waals surface area contributed by atoms with Gasteiger partial charge in [0, 0.05) is 10.5 Å². The second kappa shape index (κ2) is 5.19. The van der Waals surface area contributed by atoms with Gasteiger partial charge in [-0.3, -0.25) is 0 Å². The van der Waals surface area contributed by atoms with Crippen LogP contribution < -0.4 is 10.1 Å². The number of hydrogen-bond donors (Lipinski definition) is 1. The molecule has 2 rings (SSSR count). The SMILES string of the molecule is COc1cc(Br)c(C)c(C2CCCCN2)c1. The molecule has 1 aliphatic rings. The fourth-order valence-electron chi connectivity index (χ4n) is 2.27. The number of hydrogen-bond acceptors (Lipinski definition) is 2. The zero-order valence-electron chi connectivity index (χ0n) is 9.85. The molecule has 1 aromatic rings. The van der Waals surface area contributed by atoms with Crippen molar-refractivity contribution in [1.29, 1.82) is 0 Å². The van der Waals surface area contributed by atoms with E-state index in [-0.39, 0.29) is 0 Å². The van der Waals surface area contributed by atoms with E-state index in [0.717, 1.165) is 16.8 Å². The fraction of sp³-hybridized carbons (Fsp3) is 0.538. The molecular formula is C13H18BrNO. The van der Waals surface area contributed by atoms with Crippen molar-refractivity contribution in [2.45, 2.75) is 32.2 Å². The van der Waals surface area contributed by atoms with E-state index in [2.05, 4.69) is 34.2 Å². The maximum Gasteiger partial charge on any atom is 0.120 e. The van der Waals surface area contributed by atoms with Crippen LogP contribution in [0.25, 0.3) is 0 Å². The van der Waals surface area contributed by atoms with Gasteiger partial charge in [-0.05, 0) is 49.6 Å². The minimum absolute atomic E-state index is 0.486. The van der Waals surface area contributed by atoms with Crippen LogP contribution in [0.15, 0.2) is 16.6 Å². The molecule has 1 unspecified atom stereocenters. The average Bonchev–Trinajstić information content (AvgIpc) is 2.33. The second-order valence-electron chi connectivity index (χ2n) is 4.33. The summed E-state index contributed by atoms with van der Waals surface area (Å²) >= 11 is 3.60. The third kappa shape index (κ3) is 2.41. The van der Waals surface area contributed by atoms with Gasteiger partial charge in [-0.2, -0.15) is 0 Å². The third-order valence-electron chi connectivity index (χ3n) is 3.28. The van der Waals surface area contributed by atoms with Crippen LogP contribution in [-0.4, -0.2) is 13.7 Å². The Balaban J connectivity index is 2.33. The van der Waals surface area contributed by atoms with Gasteiger partial charge in [-0.1, -0.05) is 22.4 Å². The first-order valence-electron chi connectivity index (χ1n) is 5.80. The van der Waals surface area contributed by atoms with Gasteiger partial charge in [0.1, 0.15) is 5.75 Å². The van der Waals surface area contributed by atoms with Crippen LogP contribution >= 0.6 is 15.9 Å². The summed E-state index contributed by atoms with van der Waals surface area (Å²) in [6.45, 7) is 3.29. The highest BCUT2D eigenvalue weighted by Gasteiger charge is 2.18. The van der Waals surface area contributed by atoms with Gasteiger partial charge in [0.15, 0.2) is 0 Å². The van der Waals surface area contributed by atoms with Gasteiger partial charge in [0.2, 0.25) is 0 Å². The number of benzene rings is 1. The van der Waals surface area contributed by atoms with Crippen molar-refractivity contribution in [1.82, 2.24) is 5.32 Å². The lowest BCUT2D eigenvalue weighted by molar-refractivity contribution is 0.399. The van der Waals surface area contributed by atoms with Gasteiger partial charge in [-0.15, -0.1) is 0 Å². The number of rotatable bonds is 2. The van der Waals surface area contributed by atoms with Gasteiger partial charge in [0.25, 0.3) is 0 Å². The number of ether oxygens (including phenoxy) is 1. The first-order valence-corrected chi connectivity index (χ1v) is 6.59. The fourth-order valence-corrected chi connectivity index (χ4v) is 2.73. The van der Waals surface area contributed by atoms with Crippen LogP contribution in [-0.2, 0) is 0 Å². The lowest BCUT2D eigenvalue weighted by Crippen LogP contribution is -2.27. The van der Waals surface area contributed by atoms with Crippen LogP contribution in [0.5, 0.6) is 5.75 Å². The molecule has 1 atom stereocenters. The second-order valence-corrected chi connectivity index (χ2v) is 5.18. The molecule has 0 radical (unpaired) electrons. The highest BCUT2D eigenvalue weighted by molar-refractivity contribution is 9.10. The normalized spacial score (nSPS) is 20.8. The highest BCUT2D eigenvalue weighted by Crippen LogP contribution is 2.33. The molecule has 0 amide bonds. The van der Waals surface area contributed by atoms with Crippen molar-refractivity contribution in [2.24, 2.45) is 0 Å².